The molecule has 4 amide bonds. The molecule has 0 aromatic heterocycles. The summed E-state index contributed by atoms with van der Waals surface area (Å²) in [5.41, 5.74) is -0.476. The highest BCUT2D eigenvalue weighted by molar-refractivity contribution is 6.20. The predicted octanol–water partition coefficient (Wildman–Crippen LogP) is 4.52. The van der Waals surface area contributed by atoms with Gasteiger partial charge in [-0.25, -0.2) is 9.59 Å². The maximum atomic E-state index is 12.3. The number of carbonyl (C=O) groups is 4. The molecule has 0 spiro atoms. The number of hydrogen-bond donors (Lipinski definition) is 2. The number of carbonyl (C=O) groups excluding carboxylic acids is 4. The van der Waals surface area contributed by atoms with Crippen LogP contribution in [0.5, 0.6) is 5.75 Å². The molecule has 3 rings (SSSR count). The van der Waals surface area contributed by atoms with Gasteiger partial charge in [-0.1, -0.05) is 12.1 Å². The van der Waals surface area contributed by atoms with Crippen LogP contribution in [-0.4, -0.2) is 59.4 Å². The molecule has 0 saturated heterocycles. The molecule has 1 aliphatic heterocycles. The molecule has 0 bridgehead atoms. The summed E-state index contributed by atoms with van der Waals surface area (Å²) in [6.07, 6.45) is -1.71. The van der Waals surface area contributed by atoms with E-state index in [1.165, 1.54) is 0 Å². The van der Waals surface area contributed by atoms with Gasteiger partial charge < -0.3 is 19.5 Å². The number of ether oxygens (including phenoxy) is 3. The van der Waals surface area contributed by atoms with Gasteiger partial charge >= 0.3 is 12.2 Å². The van der Waals surface area contributed by atoms with Crippen LogP contribution in [-0.2, 0) is 14.3 Å². The summed E-state index contributed by atoms with van der Waals surface area (Å²) in [7, 11) is 0. The number of imide groups is 1. The van der Waals surface area contributed by atoms with E-state index in [2.05, 4.69) is 15.6 Å². The minimum atomic E-state index is -0.904. The van der Waals surface area contributed by atoms with Crippen molar-refractivity contribution in [2.24, 2.45) is 4.99 Å². The van der Waals surface area contributed by atoms with Crippen LogP contribution in [0.1, 0.15) is 62.3 Å². The zero-order chi connectivity index (χ0) is 28.8. The Kier molecular flexibility index (Phi) is 8.92. The quantitative estimate of drug-likeness (QED) is 0.234. The summed E-state index contributed by atoms with van der Waals surface area (Å²) >= 11 is 0. The number of alkyl carbamates (subject to hydrolysis) is 1. The van der Waals surface area contributed by atoms with E-state index in [4.69, 9.17) is 19.0 Å². The molecule has 0 radical (unpaired) electrons. The number of hydroxylamine groups is 2. The first-order valence-electron chi connectivity index (χ1n) is 12.1. The van der Waals surface area contributed by atoms with Crippen LogP contribution in [0.25, 0.3) is 0 Å². The van der Waals surface area contributed by atoms with Crippen molar-refractivity contribution in [2.75, 3.05) is 18.5 Å². The van der Waals surface area contributed by atoms with E-state index < -0.39 is 35.2 Å². The highest BCUT2D eigenvalue weighted by Crippen LogP contribution is 2.22. The van der Waals surface area contributed by atoms with Gasteiger partial charge in [0.25, 0.3) is 11.8 Å². The fourth-order valence-electron chi connectivity index (χ4n) is 3.21. The number of rotatable bonds is 6. The van der Waals surface area contributed by atoms with Gasteiger partial charge in [0.2, 0.25) is 5.96 Å². The van der Waals surface area contributed by atoms with Crippen molar-refractivity contribution in [2.45, 2.75) is 52.7 Å². The topological polar surface area (TPSA) is 145 Å². The smallest absolute Gasteiger partial charge is 0.437 e. The molecule has 0 unspecified atom stereocenters. The van der Waals surface area contributed by atoms with Crippen molar-refractivity contribution in [3.05, 3.63) is 59.7 Å². The number of fused-ring (bicyclic) bond motifs is 1. The molecule has 0 saturated carbocycles. The van der Waals surface area contributed by atoms with Crippen LogP contribution >= 0.6 is 0 Å². The summed E-state index contributed by atoms with van der Waals surface area (Å²) in [6, 6.07) is 13.0. The molecule has 0 atom stereocenters. The van der Waals surface area contributed by atoms with E-state index in [1.54, 1.807) is 90.1 Å². The van der Waals surface area contributed by atoms with Gasteiger partial charge in [-0.3, -0.25) is 19.7 Å². The summed E-state index contributed by atoms with van der Waals surface area (Å²) in [5.74, 6) is -0.761. The highest BCUT2D eigenvalue weighted by Gasteiger charge is 2.36. The van der Waals surface area contributed by atoms with Crippen LogP contribution in [0.3, 0.4) is 0 Å². The van der Waals surface area contributed by atoms with Gasteiger partial charge in [0.15, 0.2) is 0 Å². The zero-order valence-corrected chi connectivity index (χ0v) is 22.7. The number of guanidine groups is 1. The molecule has 1 aliphatic rings. The maximum absolute atomic E-state index is 12.3. The minimum Gasteiger partial charge on any atom is -0.491 e. The van der Waals surface area contributed by atoms with Crippen LogP contribution in [0.4, 0.5) is 15.3 Å². The van der Waals surface area contributed by atoms with Crippen molar-refractivity contribution < 1.29 is 38.2 Å². The van der Waals surface area contributed by atoms with E-state index in [9.17, 15) is 19.2 Å². The largest absolute Gasteiger partial charge is 0.491 e. The lowest BCUT2D eigenvalue weighted by molar-refractivity contribution is -0.0976. The lowest BCUT2D eigenvalue weighted by Crippen LogP contribution is -2.40. The number of amides is 4. The number of aliphatic imine (C=N–C) groups is 1. The van der Waals surface area contributed by atoms with Gasteiger partial charge in [-0.2, -0.15) is 0 Å². The molecule has 2 N–H and O–H groups in total. The third-order valence-electron chi connectivity index (χ3n) is 4.66. The molecular formula is C27H32N4O8. The normalized spacial score (nSPS) is 13.6. The Morgan fingerprint density at radius 3 is 1.92 bits per heavy atom. The monoisotopic (exact) mass is 540 g/mol. The van der Waals surface area contributed by atoms with E-state index in [0.29, 0.717) is 22.6 Å². The van der Waals surface area contributed by atoms with Crippen molar-refractivity contribution in [3.8, 4) is 5.75 Å². The fourth-order valence-corrected chi connectivity index (χ4v) is 3.21. The summed E-state index contributed by atoms with van der Waals surface area (Å²) in [6.45, 7) is 10.2. The van der Waals surface area contributed by atoms with Crippen molar-refractivity contribution in [1.82, 2.24) is 10.4 Å². The molecule has 208 valence electrons. The van der Waals surface area contributed by atoms with Crippen molar-refractivity contribution >= 4 is 35.6 Å². The SMILES string of the molecule is CC(C)(C)OC(=O)/N=C(\NC(=O)OC(C)(C)C)Nc1ccc(OCCON2C(=O)c3ccccc3C2=O)cc1. The summed E-state index contributed by atoms with van der Waals surface area (Å²) in [5, 5.41) is 5.97. The number of hydrogen-bond acceptors (Lipinski definition) is 8. The van der Waals surface area contributed by atoms with Gasteiger partial charge in [-0.15, -0.1) is 10.1 Å². The number of anilines is 1. The Morgan fingerprint density at radius 1 is 0.821 bits per heavy atom. The van der Waals surface area contributed by atoms with E-state index in [-0.39, 0.29) is 19.2 Å². The van der Waals surface area contributed by atoms with E-state index >= 15 is 0 Å². The van der Waals surface area contributed by atoms with Crippen LogP contribution < -0.4 is 15.4 Å². The van der Waals surface area contributed by atoms with Gasteiger partial charge in [-0.05, 0) is 77.9 Å². The molecule has 2 aromatic carbocycles. The molecule has 2 aromatic rings. The standard InChI is InChI=1S/C27H32N4O8/c1-26(2,3)38-24(34)29-23(30-25(35)39-27(4,5)6)28-17-11-13-18(14-12-17)36-15-16-37-31-21(32)19-9-7-8-10-20(19)22(31)33/h7-14H,15-16H2,1-6H3,(H2,28,29,30,34,35). The second kappa shape index (κ2) is 11.9. The number of benzene rings is 2. The third-order valence-corrected chi connectivity index (χ3v) is 4.66. The Labute approximate surface area is 226 Å². The molecule has 0 fully saturated rings. The Hall–Kier alpha value is -4.45. The van der Waals surface area contributed by atoms with Crippen LogP contribution in [0.15, 0.2) is 53.5 Å². The lowest BCUT2D eigenvalue weighted by atomic mass is 10.1. The molecule has 1 heterocycles. The molecule has 0 aliphatic carbocycles. The zero-order valence-electron chi connectivity index (χ0n) is 22.7. The van der Waals surface area contributed by atoms with Crippen LogP contribution in [0.2, 0.25) is 0 Å². The van der Waals surface area contributed by atoms with E-state index in [0.717, 1.165) is 5.06 Å². The Balaban J connectivity index is 1.56. The van der Waals surface area contributed by atoms with E-state index in [1.807, 2.05) is 0 Å². The van der Waals surface area contributed by atoms with Crippen molar-refractivity contribution in [3.63, 3.8) is 0 Å². The molecule has 12 nitrogen and oxygen atoms in total. The number of nitrogens with one attached hydrogen (secondary N) is 2. The molecule has 12 heteroatoms. The first-order valence-corrected chi connectivity index (χ1v) is 12.1. The third kappa shape index (κ3) is 8.82. The van der Waals surface area contributed by atoms with Gasteiger partial charge in [0.1, 0.15) is 30.2 Å². The minimum absolute atomic E-state index is 0.0437. The summed E-state index contributed by atoms with van der Waals surface area (Å²) < 4.78 is 16.0. The fraction of sp³-hybridized carbons (Fsp3) is 0.370. The maximum Gasteiger partial charge on any atom is 0.437 e. The first kappa shape index (κ1) is 29.1. The van der Waals surface area contributed by atoms with Crippen molar-refractivity contribution in [1.29, 1.82) is 0 Å². The predicted molar refractivity (Wildman–Crippen MR) is 141 cm³/mol. The highest BCUT2D eigenvalue weighted by atomic mass is 16.7. The lowest BCUT2D eigenvalue weighted by Gasteiger charge is -2.21. The Morgan fingerprint density at radius 2 is 1.38 bits per heavy atom. The Bertz CT molecular complexity index is 1220. The average molecular weight is 541 g/mol. The van der Waals surface area contributed by atoms with Gasteiger partial charge in [0.05, 0.1) is 11.1 Å². The second-order valence-corrected chi connectivity index (χ2v) is 10.3. The first-order chi connectivity index (χ1) is 18.2. The summed E-state index contributed by atoms with van der Waals surface area (Å²) in [4.78, 5) is 58.2. The average Bonchev–Trinajstić information content (AvgIpc) is 3.05. The van der Waals surface area contributed by atoms with Gasteiger partial charge in [0, 0.05) is 5.69 Å². The number of nitrogens with zero attached hydrogens (tertiary/aromatic N) is 2. The second-order valence-electron chi connectivity index (χ2n) is 10.3. The molecular weight excluding hydrogens is 508 g/mol. The molecule has 39 heavy (non-hydrogen) atoms. The van der Waals surface area contributed by atoms with Crippen LogP contribution in [0, 0.1) is 0 Å².